The van der Waals surface area contributed by atoms with E-state index in [1.54, 1.807) is 6.20 Å². The minimum atomic E-state index is 0.0643. The van der Waals surface area contributed by atoms with Gasteiger partial charge in [-0.2, -0.15) is 0 Å². The predicted molar refractivity (Wildman–Crippen MR) is 116 cm³/mol. The molecule has 0 radical (unpaired) electrons. The van der Waals surface area contributed by atoms with Gasteiger partial charge in [0.25, 0.3) is 5.91 Å². The third-order valence-corrected chi connectivity index (χ3v) is 6.37. The lowest BCUT2D eigenvalue weighted by molar-refractivity contribution is 0.0724. The lowest BCUT2D eigenvalue weighted by Gasteiger charge is -2.35. The monoisotopic (exact) mass is 406 g/mol. The Morgan fingerprint density at radius 1 is 1.21 bits per heavy atom. The Labute approximate surface area is 175 Å². The van der Waals surface area contributed by atoms with Gasteiger partial charge in [-0.3, -0.25) is 4.79 Å². The first kappa shape index (κ1) is 21.4. The molecule has 28 heavy (non-hydrogen) atoms. The molecule has 6 heteroatoms. The van der Waals surface area contributed by atoms with Gasteiger partial charge < -0.3 is 14.7 Å². The van der Waals surface area contributed by atoms with Crippen LogP contribution in [0.25, 0.3) is 0 Å². The SMILES string of the molecule is CCCCN(C)CC1CCN(c2ncc(C(=O)N3CCCCC3)cc2Cl)CC1. The van der Waals surface area contributed by atoms with Crippen LogP contribution in [0.1, 0.15) is 62.2 Å². The minimum Gasteiger partial charge on any atom is -0.355 e. The van der Waals surface area contributed by atoms with Crippen molar-refractivity contribution in [2.45, 2.75) is 51.9 Å². The summed E-state index contributed by atoms with van der Waals surface area (Å²) in [5, 5.41) is 0.598. The number of hydrogen-bond acceptors (Lipinski definition) is 4. The Morgan fingerprint density at radius 3 is 2.57 bits per heavy atom. The Kier molecular flexibility index (Phi) is 7.98. The largest absolute Gasteiger partial charge is 0.355 e. The Hall–Kier alpha value is -1.33. The number of amides is 1. The summed E-state index contributed by atoms with van der Waals surface area (Å²) >= 11 is 6.54. The summed E-state index contributed by atoms with van der Waals surface area (Å²) in [5.41, 5.74) is 0.614. The zero-order valence-electron chi connectivity index (χ0n) is 17.5. The molecule has 0 bridgehead atoms. The van der Waals surface area contributed by atoms with Crippen LogP contribution in [-0.4, -0.2) is 67.0 Å². The van der Waals surface area contributed by atoms with E-state index < -0.39 is 0 Å². The summed E-state index contributed by atoms with van der Waals surface area (Å²) in [7, 11) is 2.23. The normalized spacial score (nSPS) is 18.7. The van der Waals surface area contributed by atoms with E-state index in [2.05, 4.69) is 28.8 Å². The fourth-order valence-electron chi connectivity index (χ4n) is 4.35. The molecule has 156 valence electrons. The van der Waals surface area contributed by atoms with Crippen LogP contribution in [-0.2, 0) is 0 Å². The molecule has 2 saturated heterocycles. The molecular weight excluding hydrogens is 372 g/mol. The zero-order chi connectivity index (χ0) is 19.9. The highest BCUT2D eigenvalue weighted by Crippen LogP contribution is 2.29. The maximum atomic E-state index is 12.7. The first-order valence-corrected chi connectivity index (χ1v) is 11.3. The molecule has 0 spiro atoms. The highest BCUT2D eigenvalue weighted by molar-refractivity contribution is 6.33. The van der Waals surface area contributed by atoms with Gasteiger partial charge in [-0.15, -0.1) is 0 Å². The van der Waals surface area contributed by atoms with E-state index in [1.807, 2.05) is 11.0 Å². The number of carbonyl (C=O) groups is 1. The van der Waals surface area contributed by atoms with E-state index in [0.717, 1.165) is 50.8 Å². The standard InChI is InChI=1S/C22H35ClN4O/c1-3-4-10-25(2)17-18-8-13-26(14-9-18)21-20(23)15-19(16-24-21)22(28)27-11-6-5-7-12-27/h15-16,18H,3-14,17H2,1-2H3. The van der Waals surface area contributed by atoms with Gasteiger partial charge in [0.1, 0.15) is 5.82 Å². The number of piperidine rings is 2. The van der Waals surface area contributed by atoms with Crippen LogP contribution < -0.4 is 4.90 Å². The smallest absolute Gasteiger partial charge is 0.255 e. The van der Waals surface area contributed by atoms with E-state index in [9.17, 15) is 4.79 Å². The number of aromatic nitrogens is 1. The maximum Gasteiger partial charge on any atom is 0.255 e. The second-order valence-electron chi connectivity index (χ2n) is 8.43. The quantitative estimate of drug-likeness (QED) is 0.676. The number of unbranched alkanes of at least 4 members (excludes halogenated alkanes) is 1. The Morgan fingerprint density at radius 2 is 1.93 bits per heavy atom. The van der Waals surface area contributed by atoms with E-state index >= 15 is 0 Å². The van der Waals surface area contributed by atoms with Crippen molar-refractivity contribution in [3.63, 3.8) is 0 Å². The van der Waals surface area contributed by atoms with E-state index in [0.29, 0.717) is 10.6 Å². The fourth-order valence-corrected chi connectivity index (χ4v) is 4.63. The molecule has 0 aliphatic carbocycles. The highest BCUT2D eigenvalue weighted by Gasteiger charge is 2.24. The van der Waals surface area contributed by atoms with Gasteiger partial charge in [-0.05, 0) is 64.1 Å². The van der Waals surface area contributed by atoms with Gasteiger partial charge >= 0.3 is 0 Å². The molecule has 3 rings (SSSR count). The zero-order valence-corrected chi connectivity index (χ0v) is 18.3. The summed E-state index contributed by atoms with van der Waals surface area (Å²) in [6.45, 7) is 8.27. The first-order valence-electron chi connectivity index (χ1n) is 11.0. The number of nitrogens with zero attached hydrogens (tertiary/aromatic N) is 4. The molecule has 1 aromatic rings. The van der Waals surface area contributed by atoms with Crippen molar-refractivity contribution in [2.75, 3.05) is 51.2 Å². The third kappa shape index (κ3) is 5.60. The average molecular weight is 407 g/mol. The molecule has 2 aliphatic heterocycles. The molecule has 1 aromatic heterocycles. The molecule has 2 aliphatic rings. The summed E-state index contributed by atoms with van der Waals surface area (Å²) in [5.74, 6) is 1.64. The van der Waals surface area contributed by atoms with Crippen LogP contribution in [0.2, 0.25) is 5.02 Å². The number of carbonyl (C=O) groups excluding carboxylic acids is 1. The van der Waals surface area contributed by atoms with Crippen LogP contribution in [0.5, 0.6) is 0 Å². The minimum absolute atomic E-state index is 0.0643. The number of likely N-dealkylation sites (tertiary alicyclic amines) is 1. The number of anilines is 1. The molecule has 3 heterocycles. The van der Waals surface area contributed by atoms with Crippen molar-refractivity contribution >= 4 is 23.3 Å². The molecule has 1 amide bonds. The first-order chi connectivity index (χ1) is 13.6. The second kappa shape index (κ2) is 10.4. The van der Waals surface area contributed by atoms with Gasteiger partial charge in [-0.1, -0.05) is 24.9 Å². The average Bonchev–Trinajstić information content (AvgIpc) is 2.73. The summed E-state index contributed by atoms with van der Waals surface area (Å²) in [6, 6.07) is 1.81. The fraction of sp³-hybridized carbons (Fsp3) is 0.727. The third-order valence-electron chi connectivity index (χ3n) is 6.09. The van der Waals surface area contributed by atoms with Gasteiger partial charge in [0, 0.05) is 38.9 Å². The highest BCUT2D eigenvalue weighted by atomic mass is 35.5. The molecule has 0 saturated carbocycles. The number of halogens is 1. The molecule has 2 fully saturated rings. The number of rotatable bonds is 7. The van der Waals surface area contributed by atoms with Crippen molar-refractivity contribution in [3.05, 3.63) is 22.8 Å². The van der Waals surface area contributed by atoms with Crippen LogP contribution >= 0.6 is 11.6 Å². The van der Waals surface area contributed by atoms with Crippen molar-refractivity contribution in [1.29, 1.82) is 0 Å². The van der Waals surface area contributed by atoms with Crippen molar-refractivity contribution in [3.8, 4) is 0 Å². The van der Waals surface area contributed by atoms with Gasteiger partial charge in [0.15, 0.2) is 0 Å². The maximum absolute atomic E-state index is 12.7. The van der Waals surface area contributed by atoms with Crippen LogP contribution in [0.3, 0.4) is 0 Å². The Balaban J connectivity index is 1.54. The topological polar surface area (TPSA) is 39.7 Å². The lowest BCUT2D eigenvalue weighted by atomic mass is 9.96. The molecule has 0 aromatic carbocycles. The molecular formula is C22H35ClN4O. The van der Waals surface area contributed by atoms with E-state index in [4.69, 9.17) is 11.6 Å². The Bertz CT molecular complexity index is 639. The number of hydrogen-bond donors (Lipinski definition) is 0. The lowest BCUT2D eigenvalue weighted by Crippen LogP contribution is -2.38. The van der Waals surface area contributed by atoms with Crippen molar-refractivity contribution < 1.29 is 4.79 Å². The molecule has 0 N–H and O–H groups in total. The summed E-state index contributed by atoms with van der Waals surface area (Å²) < 4.78 is 0. The molecule has 5 nitrogen and oxygen atoms in total. The van der Waals surface area contributed by atoms with Gasteiger partial charge in [0.2, 0.25) is 0 Å². The van der Waals surface area contributed by atoms with Crippen LogP contribution in [0.15, 0.2) is 12.3 Å². The van der Waals surface area contributed by atoms with Gasteiger partial charge in [-0.25, -0.2) is 4.98 Å². The summed E-state index contributed by atoms with van der Waals surface area (Å²) in [6.07, 6.45) is 9.97. The predicted octanol–water partition coefficient (Wildman–Crippen LogP) is 4.31. The number of pyridine rings is 1. The van der Waals surface area contributed by atoms with Crippen molar-refractivity contribution in [2.24, 2.45) is 5.92 Å². The van der Waals surface area contributed by atoms with Crippen LogP contribution in [0, 0.1) is 5.92 Å². The second-order valence-corrected chi connectivity index (χ2v) is 8.84. The van der Waals surface area contributed by atoms with Gasteiger partial charge in [0.05, 0.1) is 10.6 Å². The molecule has 0 atom stereocenters. The van der Waals surface area contributed by atoms with Crippen molar-refractivity contribution in [1.82, 2.24) is 14.8 Å². The molecule has 0 unspecified atom stereocenters. The van der Waals surface area contributed by atoms with Crippen LogP contribution in [0.4, 0.5) is 5.82 Å². The summed E-state index contributed by atoms with van der Waals surface area (Å²) in [4.78, 5) is 23.9. The van der Waals surface area contributed by atoms with E-state index in [1.165, 1.54) is 45.2 Å². The van der Waals surface area contributed by atoms with E-state index in [-0.39, 0.29) is 5.91 Å².